The van der Waals surface area contributed by atoms with Crippen molar-refractivity contribution in [3.63, 3.8) is 0 Å². The van der Waals surface area contributed by atoms with Crippen LogP contribution in [-0.4, -0.2) is 4.98 Å². The molecule has 1 heterocycles. The third-order valence-electron chi connectivity index (χ3n) is 0.906. The lowest BCUT2D eigenvalue weighted by Gasteiger charge is -1.95. The maximum atomic E-state index is 5.45. The van der Waals surface area contributed by atoms with Gasteiger partial charge in [-0.25, -0.2) is 4.98 Å². The highest BCUT2D eigenvalue weighted by atomic mass is 79.9. The molecule has 0 saturated carbocycles. The largest absolute Gasteiger partial charge is 0.398 e. The van der Waals surface area contributed by atoms with Crippen LogP contribution < -0.4 is 11.5 Å². The van der Waals surface area contributed by atoms with Gasteiger partial charge >= 0.3 is 0 Å². The van der Waals surface area contributed by atoms with Crippen molar-refractivity contribution in [2.24, 2.45) is 0 Å². The van der Waals surface area contributed by atoms with E-state index < -0.39 is 0 Å². The number of halogens is 3. The Balaban J connectivity index is 0. The summed E-state index contributed by atoms with van der Waals surface area (Å²) in [6.45, 7) is 0. The fraction of sp³-hybridized carbons (Fsp3) is 0. The predicted octanol–water partition coefficient (Wildman–Crippen LogP) is 1.85. The highest BCUT2D eigenvalue weighted by Crippen LogP contribution is 2.18. The molecule has 1 rings (SSSR count). The summed E-state index contributed by atoms with van der Waals surface area (Å²) in [5, 5.41) is 0. The summed E-state index contributed by atoms with van der Waals surface area (Å²) in [4.78, 5) is 3.79. The molecule has 64 valence electrons. The Morgan fingerprint density at radius 2 is 1.82 bits per heavy atom. The quantitative estimate of drug-likeness (QED) is 0.748. The van der Waals surface area contributed by atoms with Gasteiger partial charge in [-0.1, -0.05) is 0 Å². The molecule has 1 aromatic rings. The Bertz CT molecular complexity index is 231. The lowest BCUT2D eigenvalue weighted by atomic mass is 10.4. The van der Waals surface area contributed by atoms with Gasteiger partial charge in [-0.05, 0) is 15.9 Å². The molecule has 0 aromatic carbocycles. The van der Waals surface area contributed by atoms with Crippen LogP contribution in [0.25, 0.3) is 0 Å². The topological polar surface area (TPSA) is 64.9 Å². The van der Waals surface area contributed by atoms with Crippen LogP contribution in [0.15, 0.2) is 16.7 Å². The number of nitrogens with zero attached hydrogens (tertiary/aromatic N) is 1. The second kappa shape index (κ2) is 5.46. The van der Waals surface area contributed by atoms with E-state index in [-0.39, 0.29) is 24.8 Å². The fourth-order valence-electron chi connectivity index (χ4n) is 0.471. The summed E-state index contributed by atoms with van der Waals surface area (Å²) in [5.41, 5.74) is 11.4. The van der Waals surface area contributed by atoms with Gasteiger partial charge in [0.15, 0.2) is 0 Å². The maximum Gasteiger partial charge on any atom is 0.125 e. The predicted molar refractivity (Wildman–Crippen MR) is 55.3 cm³/mol. The highest BCUT2D eigenvalue weighted by molar-refractivity contribution is 9.10. The Hall–Kier alpha value is -0.190. The number of anilines is 2. The SMILES string of the molecule is Cl.Cl.Nc1cc(N)c(Br)cn1. The van der Waals surface area contributed by atoms with Crippen LogP contribution in [0.3, 0.4) is 0 Å². The van der Waals surface area contributed by atoms with Crippen LogP contribution in [0, 0.1) is 0 Å². The number of pyridine rings is 1. The summed E-state index contributed by atoms with van der Waals surface area (Å²) in [6, 6.07) is 1.60. The third-order valence-corrected chi connectivity index (χ3v) is 1.57. The van der Waals surface area contributed by atoms with E-state index in [1.807, 2.05) is 0 Å². The zero-order valence-corrected chi connectivity index (χ0v) is 8.67. The minimum Gasteiger partial charge on any atom is -0.398 e. The van der Waals surface area contributed by atoms with Crippen molar-refractivity contribution in [2.45, 2.75) is 0 Å². The molecule has 0 radical (unpaired) electrons. The van der Waals surface area contributed by atoms with Gasteiger partial charge in [-0.3, -0.25) is 0 Å². The molecule has 0 fully saturated rings. The van der Waals surface area contributed by atoms with E-state index in [9.17, 15) is 0 Å². The number of hydrogen-bond acceptors (Lipinski definition) is 3. The molecule has 0 atom stereocenters. The molecular weight excluding hydrogens is 253 g/mol. The molecule has 3 nitrogen and oxygen atoms in total. The summed E-state index contributed by atoms with van der Waals surface area (Å²) < 4.78 is 0.775. The lowest BCUT2D eigenvalue weighted by Crippen LogP contribution is -1.93. The van der Waals surface area contributed by atoms with Crippen LogP contribution in [0.4, 0.5) is 11.5 Å². The van der Waals surface area contributed by atoms with Crippen LogP contribution in [0.1, 0.15) is 0 Å². The summed E-state index contributed by atoms with van der Waals surface area (Å²) in [5.74, 6) is 0.440. The average Bonchev–Trinajstić information content (AvgIpc) is 1.80. The Labute approximate surface area is 85.5 Å². The van der Waals surface area contributed by atoms with Gasteiger partial charge in [0, 0.05) is 12.3 Å². The van der Waals surface area contributed by atoms with Gasteiger partial charge < -0.3 is 11.5 Å². The maximum absolute atomic E-state index is 5.45. The van der Waals surface area contributed by atoms with Gasteiger partial charge in [-0.2, -0.15) is 0 Å². The van der Waals surface area contributed by atoms with E-state index in [0.29, 0.717) is 11.5 Å². The molecule has 0 amide bonds. The fourth-order valence-corrected chi connectivity index (χ4v) is 0.688. The second-order valence-electron chi connectivity index (χ2n) is 1.63. The van der Waals surface area contributed by atoms with Crippen LogP contribution >= 0.6 is 40.7 Å². The molecular formula is C5H8BrCl2N3. The first-order chi connectivity index (χ1) is 4.20. The summed E-state index contributed by atoms with van der Waals surface area (Å²) >= 11 is 3.19. The van der Waals surface area contributed by atoms with Crippen molar-refractivity contribution in [1.29, 1.82) is 0 Å². The summed E-state index contributed by atoms with van der Waals surface area (Å²) in [7, 11) is 0. The molecule has 11 heavy (non-hydrogen) atoms. The van der Waals surface area contributed by atoms with Crippen molar-refractivity contribution < 1.29 is 0 Å². The first kappa shape index (κ1) is 13.4. The van der Waals surface area contributed by atoms with Crippen molar-refractivity contribution in [3.05, 3.63) is 16.7 Å². The minimum absolute atomic E-state index is 0. The first-order valence-corrected chi connectivity index (χ1v) is 3.16. The normalized spacial score (nSPS) is 7.73. The summed E-state index contributed by atoms with van der Waals surface area (Å²) in [6.07, 6.45) is 1.57. The first-order valence-electron chi connectivity index (χ1n) is 2.36. The highest BCUT2D eigenvalue weighted by Gasteiger charge is 1.93. The molecule has 4 N–H and O–H groups in total. The van der Waals surface area contributed by atoms with Crippen LogP contribution in [-0.2, 0) is 0 Å². The molecule has 0 aliphatic carbocycles. The molecule has 0 unspecified atom stereocenters. The van der Waals surface area contributed by atoms with E-state index in [4.69, 9.17) is 11.5 Å². The Morgan fingerprint density at radius 3 is 2.18 bits per heavy atom. The number of aromatic nitrogens is 1. The van der Waals surface area contributed by atoms with Gasteiger partial charge in [-0.15, -0.1) is 24.8 Å². The standard InChI is InChI=1S/C5H6BrN3.2ClH/c6-3-2-9-5(8)1-4(3)7;;/h1-2H,(H4,7,8,9);2*1H. The zero-order valence-electron chi connectivity index (χ0n) is 5.45. The van der Waals surface area contributed by atoms with Crippen LogP contribution in [0.2, 0.25) is 0 Å². The van der Waals surface area contributed by atoms with Crippen molar-refractivity contribution >= 4 is 52.2 Å². The van der Waals surface area contributed by atoms with Gasteiger partial charge in [0.25, 0.3) is 0 Å². The molecule has 0 aliphatic rings. The van der Waals surface area contributed by atoms with Gasteiger partial charge in [0.2, 0.25) is 0 Å². The smallest absolute Gasteiger partial charge is 0.125 e. The molecule has 6 heteroatoms. The van der Waals surface area contributed by atoms with E-state index in [0.717, 1.165) is 4.47 Å². The van der Waals surface area contributed by atoms with Crippen molar-refractivity contribution in [1.82, 2.24) is 4.98 Å². The molecule has 0 saturated heterocycles. The van der Waals surface area contributed by atoms with E-state index >= 15 is 0 Å². The number of nitrogens with two attached hydrogens (primary N) is 2. The van der Waals surface area contributed by atoms with E-state index in [1.165, 1.54) is 0 Å². The minimum atomic E-state index is 0. The monoisotopic (exact) mass is 259 g/mol. The van der Waals surface area contributed by atoms with Crippen LogP contribution in [0.5, 0.6) is 0 Å². The Kier molecular flexibility index (Phi) is 6.65. The second-order valence-corrected chi connectivity index (χ2v) is 2.49. The molecule has 0 spiro atoms. The number of hydrogen-bond donors (Lipinski definition) is 2. The lowest BCUT2D eigenvalue weighted by molar-refractivity contribution is 1.32. The van der Waals surface area contributed by atoms with Crippen molar-refractivity contribution in [2.75, 3.05) is 11.5 Å². The number of nitrogen functional groups attached to an aromatic ring is 2. The van der Waals surface area contributed by atoms with Crippen molar-refractivity contribution in [3.8, 4) is 0 Å². The van der Waals surface area contributed by atoms with Gasteiger partial charge in [0.05, 0.1) is 10.2 Å². The van der Waals surface area contributed by atoms with E-state index in [2.05, 4.69) is 20.9 Å². The molecule has 1 aromatic heterocycles. The molecule has 0 aliphatic heterocycles. The third kappa shape index (κ3) is 3.65. The van der Waals surface area contributed by atoms with E-state index in [1.54, 1.807) is 12.3 Å². The molecule has 0 bridgehead atoms. The zero-order chi connectivity index (χ0) is 6.85. The van der Waals surface area contributed by atoms with Gasteiger partial charge in [0.1, 0.15) is 5.82 Å². The Morgan fingerprint density at radius 1 is 1.27 bits per heavy atom. The number of rotatable bonds is 0. The average molecular weight is 261 g/mol.